The van der Waals surface area contributed by atoms with Crippen LogP contribution >= 0.6 is 27.5 Å². The van der Waals surface area contributed by atoms with E-state index in [1.54, 1.807) is 6.07 Å². The Morgan fingerprint density at radius 1 is 1.33 bits per heavy atom. The van der Waals surface area contributed by atoms with Crippen molar-refractivity contribution in [2.45, 2.75) is 6.54 Å². The predicted molar refractivity (Wildman–Crippen MR) is 68.4 cm³/mol. The number of aromatic nitrogens is 2. The van der Waals surface area contributed by atoms with Gasteiger partial charge in [-0.2, -0.15) is 4.98 Å². The molecule has 18 heavy (non-hydrogen) atoms. The van der Waals surface area contributed by atoms with Gasteiger partial charge in [-0.3, -0.25) is 0 Å². The summed E-state index contributed by atoms with van der Waals surface area (Å²) < 4.78 is 27.1. The number of hydrogen-bond donors (Lipinski definition) is 1. The number of anilines is 1. The van der Waals surface area contributed by atoms with E-state index in [0.717, 1.165) is 10.7 Å². The molecular formula is C11H7BrClF2N3. The van der Waals surface area contributed by atoms with Crippen LogP contribution in [0.2, 0.25) is 5.28 Å². The Kier molecular flexibility index (Phi) is 4.08. The first-order valence-corrected chi connectivity index (χ1v) is 6.09. The molecule has 0 bridgehead atoms. The van der Waals surface area contributed by atoms with E-state index >= 15 is 0 Å². The molecule has 2 aromatic rings. The van der Waals surface area contributed by atoms with Crippen molar-refractivity contribution in [3.05, 3.63) is 51.4 Å². The molecule has 0 amide bonds. The molecule has 0 saturated carbocycles. The fourth-order valence-electron chi connectivity index (χ4n) is 1.33. The van der Waals surface area contributed by atoms with Crippen LogP contribution in [0.25, 0.3) is 0 Å². The zero-order valence-electron chi connectivity index (χ0n) is 8.92. The minimum absolute atomic E-state index is 0.0221. The minimum atomic E-state index is -0.619. The van der Waals surface area contributed by atoms with Crippen LogP contribution in [0.4, 0.5) is 14.6 Å². The lowest BCUT2D eigenvalue weighted by molar-refractivity contribution is 0.616. The summed E-state index contributed by atoms with van der Waals surface area (Å²) in [4.78, 5) is 7.20. The zero-order valence-corrected chi connectivity index (χ0v) is 11.3. The van der Waals surface area contributed by atoms with E-state index in [0.29, 0.717) is 5.56 Å². The monoisotopic (exact) mass is 333 g/mol. The van der Waals surface area contributed by atoms with E-state index in [1.807, 2.05) is 0 Å². The Morgan fingerprint density at radius 3 is 2.89 bits per heavy atom. The zero-order chi connectivity index (χ0) is 13.1. The molecule has 1 N–H and O–H groups in total. The molecule has 2 rings (SSSR count). The lowest BCUT2D eigenvalue weighted by atomic mass is 10.2. The van der Waals surface area contributed by atoms with Crippen LogP contribution in [0, 0.1) is 11.6 Å². The van der Waals surface area contributed by atoms with Crippen molar-refractivity contribution in [3.63, 3.8) is 0 Å². The molecule has 1 aromatic carbocycles. The van der Waals surface area contributed by atoms with Crippen molar-refractivity contribution >= 4 is 33.3 Å². The summed E-state index contributed by atoms with van der Waals surface area (Å²) in [6.07, 6.45) is 0.971. The highest BCUT2D eigenvalue weighted by Gasteiger charge is 2.07. The first-order valence-electron chi connectivity index (χ1n) is 4.92. The van der Waals surface area contributed by atoms with Crippen molar-refractivity contribution in [1.29, 1.82) is 0 Å². The SMILES string of the molecule is Fc1ccc(Br)c(CNc2nc(Cl)ncc2F)c1. The topological polar surface area (TPSA) is 37.8 Å². The second kappa shape index (κ2) is 5.58. The summed E-state index contributed by atoms with van der Waals surface area (Å²) in [5.41, 5.74) is 0.643. The number of benzene rings is 1. The van der Waals surface area contributed by atoms with Crippen molar-refractivity contribution in [3.8, 4) is 0 Å². The molecule has 0 aliphatic carbocycles. The molecule has 3 nitrogen and oxygen atoms in total. The molecule has 0 atom stereocenters. The highest BCUT2D eigenvalue weighted by molar-refractivity contribution is 9.10. The Labute approximate surface area is 115 Å². The third kappa shape index (κ3) is 3.14. The second-order valence-corrected chi connectivity index (χ2v) is 4.62. The maximum absolute atomic E-state index is 13.3. The highest BCUT2D eigenvalue weighted by atomic mass is 79.9. The van der Waals surface area contributed by atoms with Gasteiger partial charge in [0.25, 0.3) is 0 Å². The minimum Gasteiger partial charge on any atom is -0.363 e. The number of halogens is 4. The molecule has 0 fully saturated rings. The van der Waals surface area contributed by atoms with Gasteiger partial charge < -0.3 is 5.32 Å². The van der Waals surface area contributed by atoms with Gasteiger partial charge in [-0.1, -0.05) is 15.9 Å². The van der Waals surface area contributed by atoms with Gasteiger partial charge in [0, 0.05) is 11.0 Å². The van der Waals surface area contributed by atoms with E-state index in [-0.39, 0.29) is 23.5 Å². The predicted octanol–water partition coefficient (Wildman–Crippen LogP) is 3.78. The summed E-state index contributed by atoms with van der Waals surface area (Å²) in [5.74, 6) is -1.01. The third-order valence-corrected chi connectivity index (χ3v) is 3.12. The van der Waals surface area contributed by atoms with Gasteiger partial charge in [0.05, 0.1) is 6.20 Å². The maximum atomic E-state index is 13.3. The number of nitrogens with one attached hydrogen (secondary N) is 1. The number of hydrogen-bond acceptors (Lipinski definition) is 3. The fraction of sp³-hybridized carbons (Fsp3) is 0.0909. The van der Waals surface area contributed by atoms with E-state index in [9.17, 15) is 8.78 Å². The first-order chi connectivity index (χ1) is 8.56. The van der Waals surface area contributed by atoms with Crippen LogP contribution in [0.15, 0.2) is 28.9 Å². The van der Waals surface area contributed by atoms with Gasteiger partial charge in [-0.15, -0.1) is 0 Å². The largest absolute Gasteiger partial charge is 0.363 e. The van der Waals surface area contributed by atoms with Gasteiger partial charge >= 0.3 is 0 Å². The third-order valence-electron chi connectivity index (χ3n) is 2.17. The lowest BCUT2D eigenvalue weighted by Crippen LogP contribution is -2.05. The normalized spacial score (nSPS) is 10.4. The van der Waals surface area contributed by atoms with Crippen molar-refractivity contribution < 1.29 is 8.78 Å². The number of nitrogens with zero attached hydrogens (tertiary/aromatic N) is 2. The molecule has 7 heteroatoms. The molecule has 0 aliphatic heterocycles. The van der Waals surface area contributed by atoms with Gasteiger partial charge in [0.15, 0.2) is 11.6 Å². The molecule has 1 heterocycles. The first kappa shape index (κ1) is 13.2. The Balaban J connectivity index is 2.16. The lowest BCUT2D eigenvalue weighted by Gasteiger charge is -2.08. The molecule has 0 aliphatic rings. The molecular weight excluding hydrogens is 327 g/mol. The van der Waals surface area contributed by atoms with Crippen LogP contribution in [0.3, 0.4) is 0 Å². The van der Waals surface area contributed by atoms with Gasteiger partial charge in [0.1, 0.15) is 5.82 Å². The van der Waals surface area contributed by atoms with Crippen LogP contribution in [0.5, 0.6) is 0 Å². The van der Waals surface area contributed by atoms with Crippen LogP contribution in [0.1, 0.15) is 5.56 Å². The Morgan fingerprint density at radius 2 is 2.11 bits per heavy atom. The van der Waals surface area contributed by atoms with E-state index in [4.69, 9.17) is 11.6 Å². The molecule has 0 unspecified atom stereocenters. The Bertz CT molecular complexity index is 529. The van der Waals surface area contributed by atoms with Crippen molar-refractivity contribution in [1.82, 2.24) is 9.97 Å². The fourth-order valence-corrected chi connectivity index (χ4v) is 1.85. The standard InChI is InChI=1S/C11H7BrClF2N3/c12-8-2-1-7(14)3-6(8)4-16-10-9(15)5-17-11(13)18-10/h1-3,5H,4H2,(H,16,17,18). The molecule has 1 aromatic heterocycles. The van der Waals surface area contributed by atoms with Crippen molar-refractivity contribution in [2.24, 2.45) is 0 Å². The van der Waals surface area contributed by atoms with Gasteiger partial charge in [0.2, 0.25) is 5.28 Å². The van der Waals surface area contributed by atoms with Crippen LogP contribution in [-0.2, 0) is 6.54 Å². The van der Waals surface area contributed by atoms with E-state index in [2.05, 4.69) is 31.2 Å². The van der Waals surface area contributed by atoms with E-state index < -0.39 is 5.82 Å². The van der Waals surface area contributed by atoms with Gasteiger partial charge in [-0.05, 0) is 35.4 Å². The summed E-state index contributed by atoms with van der Waals surface area (Å²) in [5, 5.41) is 2.67. The van der Waals surface area contributed by atoms with Crippen LogP contribution < -0.4 is 5.32 Å². The second-order valence-electron chi connectivity index (χ2n) is 3.42. The average molecular weight is 335 g/mol. The van der Waals surface area contributed by atoms with Crippen LogP contribution in [-0.4, -0.2) is 9.97 Å². The summed E-state index contributed by atoms with van der Waals surface area (Å²) in [6, 6.07) is 4.25. The summed E-state index contributed by atoms with van der Waals surface area (Å²) in [6.45, 7) is 0.211. The average Bonchev–Trinajstić information content (AvgIpc) is 2.34. The summed E-state index contributed by atoms with van der Waals surface area (Å²) in [7, 11) is 0. The molecule has 0 radical (unpaired) electrons. The van der Waals surface area contributed by atoms with E-state index in [1.165, 1.54) is 12.1 Å². The van der Waals surface area contributed by atoms with Crippen molar-refractivity contribution in [2.75, 3.05) is 5.32 Å². The Hall–Kier alpha value is -1.27. The smallest absolute Gasteiger partial charge is 0.224 e. The highest BCUT2D eigenvalue weighted by Crippen LogP contribution is 2.20. The number of rotatable bonds is 3. The van der Waals surface area contributed by atoms with Gasteiger partial charge in [-0.25, -0.2) is 13.8 Å². The maximum Gasteiger partial charge on any atom is 0.224 e. The quantitative estimate of drug-likeness (QED) is 0.868. The molecule has 0 saturated heterocycles. The molecule has 94 valence electrons. The summed E-state index contributed by atoms with van der Waals surface area (Å²) >= 11 is 8.83. The molecule has 0 spiro atoms.